The Kier molecular flexibility index (Phi) is 7.55. The molecule has 0 spiro atoms. The van der Waals surface area contributed by atoms with Gasteiger partial charge in [-0.2, -0.15) is 0 Å². The normalized spacial score (nSPS) is 14.3. The van der Waals surface area contributed by atoms with Gasteiger partial charge in [0.25, 0.3) is 0 Å². The number of fused-ring (bicyclic) bond motifs is 10. The van der Waals surface area contributed by atoms with E-state index >= 15 is 0 Å². The summed E-state index contributed by atoms with van der Waals surface area (Å²) in [5.74, 6) is 0. The Hall–Kier alpha value is -7.94. The zero-order valence-electron chi connectivity index (χ0n) is 37.5. The average Bonchev–Trinajstić information content (AvgIpc) is 3.89. The van der Waals surface area contributed by atoms with Crippen molar-refractivity contribution in [2.45, 2.75) is 38.5 Å². The van der Waals surface area contributed by atoms with E-state index in [1.165, 1.54) is 127 Å². The second-order valence-corrected chi connectivity index (χ2v) is 19.7. The number of hydrogen-bond acceptors (Lipinski definition) is 1. The molecule has 2 aliphatic rings. The van der Waals surface area contributed by atoms with E-state index in [0.717, 1.165) is 5.69 Å². The quantitative estimate of drug-likeness (QED) is 0.157. The van der Waals surface area contributed by atoms with Crippen LogP contribution in [0.15, 0.2) is 206 Å². The predicted molar refractivity (Wildman–Crippen MR) is 280 cm³/mol. The van der Waals surface area contributed by atoms with Crippen LogP contribution in [-0.4, -0.2) is 4.57 Å². The van der Waals surface area contributed by atoms with Crippen molar-refractivity contribution in [2.75, 3.05) is 4.90 Å². The molecule has 312 valence electrons. The van der Waals surface area contributed by atoms with Crippen LogP contribution in [0.5, 0.6) is 0 Å². The van der Waals surface area contributed by atoms with E-state index in [9.17, 15) is 0 Å². The first-order chi connectivity index (χ1) is 32.2. The summed E-state index contributed by atoms with van der Waals surface area (Å²) in [6, 6.07) is 77.5. The van der Waals surface area contributed by atoms with E-state index in [2.05, 4.69) is 243 Å². The molecule has 0 aliphatic heterocycles. The monoisotopic (exact) mass is 842 g/mol. The number of rotatable bonds is 5. The molecule has 2 nitrogen and oxygen atoms in total. The lowest BCUT2D eigenvalue weighted by atomic mass is 9.81. The topological polar surface area (TPSA) is 8.17 Å². The summed E-state index contributed by atoms with van der Waals surface area (Å²) >= 11 is 0. The lowest BCUT2D eigenvalue weighted by Gasteiger charge is -2.29. The van der Waals surface area contributed by atoms with Gasteiger partial charge in [-0.25, -0.2) is 0 Å². The summed E-state index contributed by atoms with van der Waals surface area (Å²) in [4.78, 5) is 2.44. The van der Waals surface area contributed by atoms with Crippen molar-refractivity contribution >= 4 is 71.2 Å². The highest BCUT2D eigenvalue weighted by molar-refractivity contribution is 6.33. The standard InChI is InChI=1S/C64H46N2/c1-63(2)54-21-12-11-20-48(54)50-31-27-46(37-56(50)63)65(44-16-7-5-8-17-44)47-28-32-51-49-29-25-42(35-55(49)64(3,4)57(51)38-47)41-26-33-58-53(34-41)62-52-30-24-40-15-13-14-39-22-23-43(61(52)60(39)40)36-59(62)66(58)45-18-9-6-10-19-45/h5-38H,1-4H3. The molecule has 0 radical (unpaired) electrons. The maximum atomic E-state index is 2.47. The van der Waals surface area contributed by atoms with Crippen LogP contribution in [0.2, 0.25) is 0 Å². The van der Waals surface area contributed by atoms with Crippen LogP contribution >= 0.6 is 0 Å². The number of nitrogens with zero attached hydrogens (tertiary/aromatic N) is 2. The first-order valence-electron chi connectivity index (χ1n) is 23.3. The number of hydrogen-bond donors (Lipinski definition) is 0. The number of anilines is 3. The van der Waals surface area contributed by atoms with Crippen molar-refractivity contribution in [1.29, 1.82) is 0 Å². The molecule has 1 aromatic heterocycles. The molecule has 0 fully saturated rings. The highest BCUT2D eigenvalue weighted by atomic mass is 15.1. The fourth-order valence-electron chi connectivity index (χ4n) is 12.3. The molecule has 2 aliphatic carbocycles. The van der Waals surface area contributed by atoms with Gasteiger partial charge in [0.2, 0.25) is 0 Å². The summed E-state index contributed by atoms with van der Waals surface area (Å²) in [6.07, 6.45) is 0. The van der Waals surface area contributed by atoms with Gasteiger partial charge >= 0.3 is 0 Å². The largest absolute Gasteiger partial charge is 0.310 e. The molecule has 0 unspecified atom stereocenters. The molecule has 11 aromatic carbocycles. The van der Waals surface area contributed by atoms with Crippen LogP contribution in [0.3, 0.4) is 0 Å². The lowest BCUT2D eigenvalue weighted by Crippen LogP contribution is -2.18. The number of benzene rings is 11. The Labute approximate surface area is 385 Å². The van der Waals surface area contributed by atoms with Gasteiger partial charge in [0, 0.05) is 44.4 Å². The van der Waals surface area contributed by atoms with Crippen LogP contribution in [0.25, 0.3) is 93.2 Å². The van der Waals surface area contributed by atoms with Gasteiger partial charge in [-0.1, -0.05) is 161 Å². The van der Waals surface area contributed by atoms with Gasteiger partial charge < -0.3 is 9.47 Å². The van der Waals surface area contributed by atoms with E-state index in [4.69, 9.17) is 0 Å². The zero-order valence-corrected chi connectivity index (χ0v) is 37.5. The minimum absolute atomic E-state index is 0.0894. The van der Waals surface area contributed by atoms with E-state index in [1.807, 2.05) is 0 Å². The Balaban J connectivity index is 0.903. The summed E-state index contributed by atoms with van der Waals surface area (Å²) in [5, 5.41) is 10.4. The zero-order chi connectivity index (χ0) is 44.1. The van der Waals surface area contributed by atoms with Gasteiger partial charge in [-0.15, -0.1) is 0 Å². The molecule has 66 heavy (non-hydrogen) atoms. The van der Waals surface area contributed by atoms with Crippen LogP contribution < -0.4 is 4.90 Å². The SMILES string of the molecule is CC1(C)c2ccccc2-c2ccc(N(c3ccccc3)c3ccc4c(c3)C(C)(C)c3cc(-c5ccc6c(c5)c5c7ccc8cccc9ccc(cc5n6-c5ccccc5)c7c98)ccc3-4)cc21. The molecule has 14 rings (SSSR count). The second kappa shape index (κ2) is 13.3. The molecule has 0 atom stereocenters. The molecule has 0 amide bonds. The summed E-state index contributed by atoms with van der Waals surface area (Å²) in [6.45, 7) is 9.54. The molecular formula is C64H46N2. The summed E-state index contributed by atoms with van der Waals surface area (Å²) in [7, 11) is 0. The Morgan fingerprint density at radius 1 is 0.333 bits per heavy atom. The Morgan fingerprint density at radius 2 is 0.894 bits per heavy atom. The molecule has 2 heteroatoms. The molecular weight excluding hydrogens is 797 g/mol. The third-order valence-corrected chi connectivity index (χ3v) is 15.5. The second-order valence-electron chi connectivity index (χ2n) is 19.7. The third kappa shape index (κ3) is 5.07. The van der Waals surface area contributed by atoms with Gasteiger partial charge in [0.15, 0.2) is 0 Å². The van der Waals surface area contributed by atoms with Crippen molar-refractivity contribution < 1.29 is 0 Å². The van der Waals surface area contributed by atoms with Gasteiger partial charge in [0.05, 0.1) is 11.0 Å². The highest BCUT2D eigenvalue weighted by Crippen LogP contribution is 2.54. The molecule has 1 heterocycles. The predicted octanol–water partition coefficient (Wildman–Crippen LogP) is 17.4. The fourth-order valence-corrected chi connectivity index (χ4v) is 12.3. The molecule has 12 aromatic rings. The number of para-hydroxylation sites is 2. The van der Waals surface area contributed by atoms with Crippen molar-refractivity contribution in [1.82, 2.24) is 4.57 Å². The van der Waals surface area contributed by atoms with Crippen LogP contribution in [0.1, 0.15) is 49.9 Å². The summed E-state index contributed by atoms with van der Waals surface area (Å²) in [5.41, 5.74) is 20.1. The molecule has 0 saturated heterocycles. The maximum Gasteiger partial charge on any atom is 0.0553 e. The van der Waals surface area contributed by atoms with E-state index in [-0.39, 0.29) is 10.8 Å². The Morgan fingerprint density at radius 3 is 1.62 bits per heavy atom. The maximum absolute atomic E-state index is 2.47. The van der Waals surface area contributed by atoms with Crippen molar-refractivity contribution in [2.24, 2.45) is 0 Å². The first-order valence-corrected chi connectivity index (χ1v) is 23.3. The lowest BCUT2D eigenvalue weighted by molar-refractivity contribution is 0.660. The molecule has 0 saturated carbocycles. The third-order valence-electron chi connectivity index (χ3n) is 15.5. The highest BCUT2D eigenvalue weighted by Gasteiger charge is 2.38. The van der Waals surface area contributed by atoms with Crippen LogP contribution in [-0.2, 0) is 10.8 Å². The van der Waals surface area contributed by atoms with Gasteiger partial charge in [-0.3, -0.25) is 0 Å². The first kappa shape index (κ1) is 37.4. The Bertz CT molecular complexity index is 3970. The summed E-state index contributed by atoms with van der Waals surface area (Å²) < 4.78 is 2.46. The number of aromatic nitrogens is 1. The smallest absolute Gasteiger partial charge is 0.0553 e. The van der Waals surface area contributed by atoms with Crippen molar-refractivity contribution in [3.8, 4) is 39.1 Å². The fraction of sp³-hybridized carbons (Fsp3) is 0.0938. The van der Waals surface area contributed by atoms with Crippen LogP contribution in [0.4, 0.5) is 17.1 Å². The molecule has 0 N–H and O–H groups in total. The van der Waals surface area contributed by atoms with Gasteiger partial charge in [0.1, 0.15) is 0 Å². The average molecular weight is 843 g/mol. The minimum Gasteiger partial charge on any atom is -0.310 e. The van der Waals surface area contributed by atoms with Crippen molar-refractivity contribution in [3.63, 3.8) is 0 Å². The molecule has 0 bridgehead atoms. The van der Waals surface area contributed by atoms with Crippen molar-refractivity contribution in [3.05, 3.63) is 229 Å². The van der Waals surface area contributed by atoms with Crippen LogP contribution in [0, 0.1) is 0 Å². The van der Waals surface area contributed by atoms with E-state index in [1.54, 1.807) is 0 Å². The van der Waals surface area contributed by atoms with E-state index in [0.29, 0.717) is 0 Å². The van der Waals surface area contributed by atoms with E-state index < -0.39 is 0 Å². The minimum atomic E-state index is -0.222. The van der Waals surface area contributed by atoms with Gasteiger partial charge in [-0.05, 0) is 161 Å².